The fourth-order valence-corrected chi connectivity index (χ4v) is 6.67. The largest absolute Gasteiger partial charge is 0.481 e. The van der Waals surface area contributed by atoms with E-state index in [1.807, 2.05) is 17.7 Å². The number of carbonyl (C=O) groups is 2. The Balaban J connectivity index is 1.27. The van der Waals surface area contributed by atoms with E-state index < -0.39 is 36.1 Å². The lowest BCUT2D eigenvalue weighted by Gasteiger charge is -2.34. The van der Waals surface area contributed by atoms with Crippen LogP contribution in [0.15, 0.2) is 30.6 Å². The Morgan fingerprint density at radius 1 is 1.13 bits per heavy atom. The number of carbonyl (C=O) groups excluding carboxylic acids is 1. The van der Waals surface area contributed by atoms with Gasteiger partial charge in [0.25, 0.3) is 5.91 Å². The van der Waals surface area contributed by atoms with Crippen molar-refractivity contribution in [3.05, 3.63) is 69.9 Å². The van der Waals surface area contributed by atoms with Gasteiger partial charge in [0, 0.05) is 36.2 Å². The number of amides is 1. The van der Waals surface area contributed by atoms with Crippen molar-refractivity contribution in [2.75, 3.05) is 24.7 Å². The number of ether oxygens (including phenoxy) is 1. The number of nitrogens with one attached hydrogen (secondary N) is 1. The predicted molar refractivity (Wildman–Crippen MR) is 156 cm³/mol. The molecule has 10 nitrogen and oxygen atoms in total. The SMILES string of the molecule is Cn1cnnc1[C@@H](c1cc(C2CC2)nc(N2Cc3c(cc([C@@H](CC(=O)O)NCC4CCC4)cc3C(F)(F)F)C2=O)c1)C1COC1. The maximum atomic E-state index is 14.6. The average molecular weight is 625 g/mol. The van der Waals surface area contributed by atoms with Gasteiger partial charge in [0.2, 0.25) is 0 Å². The number of hydrogen-bond donors (Lipinski definition) is 2. The summed E-state index contributed by atoms with van der Waals surface area (Å²) in [6, 6.07) is 5.40. The first-order valence-electron chi connectivity index (χ1n) is 15.5. The number of aliphatic carboxylic acids is 1. The molecule has 13 heteroatoms. The lowest BCUT2D eigenvalue weighted by Crippen LogP contribution is -2.35. The summed E-state index contributed by atoms with van der Waals surface area (Å²) in [5, 5.41) is 21.2. The minimum Gasteiger partial charge on any atom is -0.481 e. The smallest absolute Gasteiger partial charge is 0.416 e. The first-order chi connectivity index (χ1) is 21.6. The molecule has 0 spiro atoms. The van der Waals surface area contributed by atoms with E-state index in [2.05, 4.69) is 15.5 Å². The second kappa shape index (κ2) is 11.5. The molecule has 3 aromatic rings. The average Bonchev–Trinajstić information content (AvgIpc) is 3.63. The van der Waals surface area contributed by atoms with Crippen LogP contribution in [0.3, 0.4) is 0 Å². The molecule has 0 bridgehead atoms. The first kappa shape index (κ1) is 29.8. The summed E-state index contributed by atoms with van der Waals surface area (Å²) >= 11 is 0. The monoisotopic (exact) mass is 624 g/mol. The number of nitrogens with zero attached hydrogens (tertiary/aromatic N) is 5. The summed E-state index contributed by atoms with van der Waals surface area (Å²) in [5.41, 5.74) is 0.699. The van der Waals surface area contributed by atoms with E-state index in [4.69, 9.17) is 9.72 Å². The standard InChI is InChI=1S/C32H35F3N6O4/c1-40-16-37-39-30(40)29(21-14-45-15-21)20-9-26(18-5-6-18)38-27(10-20)41-13-23-22(31(41)44)7-19(8-24(23)32(33,34)35)25(11-28(42)43)36-12-17-3-2-4-17/h7-10,16-18,21,25,29,36H,2-6,11-15H2,1H3,(H,42,43)/t25-,29+/m1/s1. The zero-order chi connectivity index (χ0) is 31.5. The van der Waals surface area contributed by atoms with Crippen LogP contribution in [0, 0.1) is 11.8 Å². The van der Waals surface area contributed by atoms with Crippen LogP contribution in [-0.2, 0) is 29.3 Å². The molecule has 45 heavy (non-hydrogen) atoms. The number of rotatable bonds is 11. The van der Waals surface area contributed by atoms with E-state index in [1.165, 1.54) is 11.0 Å². The molecule has 4 heterocycles. The van der Waals surface area contributed by atoms with Crippen LogP contribution >= 0.6 is 0 Å². The van der Waals surface area contributed by atoms with Crippen molar-refractivity contribution >= 4 is 17.7 Å². The topological polar surface area (TPSA) is 122 Å². The molecule has 238 valence electrons. The molecule has 1 aromatic carbocycles. The summed E-state index contributed by atoms with van der Waals surface area (Å²) in [5.74, 6) is -0.168. The molecule has 2 aliphatic carbocycles. The van der Waals surface area contributed by atoms with Crippen LogP contribution in [0.4, 0.5) is 19.0 Å². The minimum atomic E-state index is -4.74. The predicted octanol–water partition coefficient (Wildman–Crippen LogP) is 4.95. The molecule has 1 saturated heterocycles. The molecule has 4 aliphatic rings. The Morgan fingerprint density at radius 2 is 1.91 bits per heavy atom. The number of aromatic nitrogens is 4. The van der Waals surface area contributed by atoms with Crippen LogP contribution in [0.25, 0.3) is 0 Å². The van der Waals surface area contributed by atoms with Gasteiger partial charge in [-0.15, -0.1) is 10.2 Å². The van der Waals surface area contributed by atoms with Gasteiger partial charge in [-0.25, -0.2) is 4.98 Å². The lowest BCUT2D eigenvalue weighted by atomic mass is 9.83. The third-order valence-electron chi connectivity index (χ3n) is 9.67. The van der Waals surface area contributed by atoms with Crippen molar-refractivity contribution in [1.29, 1.82) is 0 Å². The summed E-state index contributed by atoms with van der Waals surface area (Å²) in [4.78, 5) is 31.8. The van der Waals surface area contributed by atoms with Crippen molar-refractivity contribution in [3.63, 3.8) is 0 Å². The molecular weight excluding hydrogens is 589 g/mol. The van der Waals surface area contributed by atoms with Crippen molar-refractivity contribution in [1.82, 2.24) is 25.1 Å². The van der Waals surface area contributed by atoms with Gasteiger partial charge in [-0.1, -0.05) is 6.42 Å². The molecule has 0 radical (unpaired) electrons. The van der Waals surface area contributed by atoms with Gasteiger partial charge in [0.1, 0.15) is 18.0 Å². The number of halogens is 3. The van der Waals surface area contributed by atoms with Gasteiger partial charge in [-0.05, 0) is 79.1 Å². The summed E-state index contributed by atoms with van der Waals surface area (Å²) in [7, 11) is 1.86. The Bertz CT molecular complexity index is 1630. The number of hydrogen-bond acceptors (Lipinski definition) is 7. The Morgan fingerprint density at radius 3 is 2.49 bits per heavy atom. The van der Waals surface area contributed by atoms with E-state index in [1.54, 1.807) is 12.4 Å². The van der Waals surface area contributed by atoms with Crippen molar-refractivity contribution in [3.8, 4) is 0 Å². The molecule has 0 unspecified atom stereocenters. The fourth-order valence-electron chi connectivity index (χ4n) is 6.67. The number of fused-ring (bicyclic) bond motifs is 1. The van der Waals surface area contributed by atoms with E-state index in [-0.39, 0.29) is 41.0 Å². The second-order valence-corrected chi connectivity index (χ2v) is 12.9. The summed E-state index contributed by atoms with van der Waals surface area (Å²) in [6.45, 7) is 1.29. The molecule has 2 aliphatic heterocycles. The highest BCUT2D eigenvalue weighted by molar-refractivity contribution is 6.10. The highest BCUT2D eigenvalue weighted by atomic mass is 19.4. The third-order valence-corrected chi connectivity index (χ3v) is 9.67. The van der Waals surface area contributed by atoms with E-state index in [0.717, 1.165) is 55.3 Å². The normalized spacial score (nSPS) is 20.1. The molecule has 2 atom stereocenters. The number of carboxylic acid groups (broad SMARTS) is 1. The van der Waals surface area contributed by atoms with Gasteiger partial charge in [0.05, 0.1) is 37.7 Å². The Labute approximate surface area is 258 Å². The molecular formula is C32H35F3N6O4. The lowest BCUT2D eigenvalue weighted by molar-refractivity contribution is -0.138. The quantitative estimate of drug-likeness (QED) is 0.307. The Kier molecular flexibility index (Phi) is 7.63. The fraction of sp³-hybridized carbons (Fsp3) is 0.531. The molecule has 3 fully saturated rings. The maximum absolute atomic E-state index is 14.6. The number of pyridine rings is 1. The van der Waals surface area contributed by atoms with Crippen LogP contribution in [0.5, 0.6) is 0 Å². The first-order valence-corrected chi connectivity index (χ1v) is 15.5. The van der Waals surface area contributed by atoms with Crippen LogP contribution in [0.1, 0.15) is 101 Å². The highest BCUT2D eigenvalue weighted by Crippen LogP contribution is 2.45. The molecule has 2 aromatic heterocycles. The van der Waals surface area contributed by atoms with E-state index in [9.17, 15) is 27.9 Å². The van der Waals surface area contributed by atoms with Gasteiger partial charge < -0.3 is 19.7 Å². The van der Waals surface area contributed by atoms with E-state index in [0.29, 0.717) is 31.5 Å². The van der Waals surface area contributed by atoms with Crippen molar-refractivity contribution < 1.29 is 32.6 Å². The number of benzene rings is 1. The maximum Gasteiger partial charge on any atom is 0.416 e. The summed E-state index contributed by atoms with van der Waals surface area (Å²) < 4.78 is 51.0. The molecule has 2 N–H and O–H groups in total. The molecule has 1 amide bonds. The third kappa shape index (κ3) is 5.83. The zero-order valence-electron chi connectivity index (χ0n) is 24.9. The molecule has 7 rings (SSSR count). The number of carboxylic acids is 1. The van der Waals surface area contributed by atoms with E-state index >= 15 is 0 Å². The van der Waals surface area contributed by atoms with Crippen LogP contribution in [-0.4, -0.2) is 56.5 Å². The van der Waals surface area contributed by atoms with Crippen LogP contribution < -0.4 is 10.2 Å². The van der Waals surface area contributed by atoms with Crippen LogP contribution in [0.2, 0.25) is 0 Å². The zero-order valence-corrected chi connectivity index (χ0v) is 24.9. The number of anilines is 1. The van der Waals surface area contributed by atoms with Crippen molar-refractivity contribution in [2.45, 2.75) is 69.1 Å². The van der Waals surface area contributed by atoms with Gasteiger partial charge in [-0.2, -0.15) is 13.2 Å². The van der Waals surface area contributed by atoms with Crippen molar-refractivity contribution in [2.24, 2.45) is 18.9 Å². The highest BCUT2D eigenvalue weighted by Gasteiger charge is 2.43. The summed E-state index contributed by atoms with van der Waals surface area (Å²) in [6.07, 6.45) is 1.47. The molecule has 2 saturated carbocycles. The minimum absolute atomic E-state index is 0.0712. The second-order valence-electron chi connectivity index (χ2n) is 12.9. The number of aryl methyl sites for hydroxylation is 1. The van der Waals surface area contributed by atoms with Gasteiger partial charge >= 0.3 is 12.1 Å². The van der Waals surface area contributed by atoms with Gasteiger partial charge in [0.15, 0.2) is 0 Å². The van der Waals surface area contributed by atoms with Gasteiger partial charge in [-0.3, -0.25) is 14.5 Å². The number of alkyl halides is 3. The Hall–Kier alpha value is -3.84.